The Labute approximate surface area is 189 Å². The molecule has 1 saturated heterocycles. The molecule has 1 unspecified atom stereocenters. The number of hydrogen-bond acceptors (Lipinski definition) is 4. The highest BCUT2D eigenvalue weighted by Gasteiger charge is 2.25. The predicted molar refractivity (Wildman–Crippen MR) is 128 cm³/mol. The molecule has 1 aliphatic rings. The summed E-state index contributed by atoms with van der Waals surface area (Å²) in [7, 11) is 3.31. The van der Waals surface area contributed by atoms with E-state index in [1.807, 2.05) is 12.1 Å². The molecular weight excluding hydrogens is 408 g/mol. The van der Waals surface area contributed by atoms with E-state index in [-0.39, 0.29) is 0 Å². The second-order valence-corrected chi connectivity index (χ2v) is 8.49. The average Bonchev–Trinajstić information content (AvgIpc) is 3.22. The number of aromatic nitrogens is 2. The zero-order valence-electron chi connectivity index (χ0n) is 18.4. The van der Waals surface area contributed by atoms with E-state index in [4.69, 9.17) is 26.7 Å². The van der Waals surface area contributed by atoms with Crippen molar-refractivity contribution in [2.45, 2.75) is 32.1 Å². The summed E-state index contributed by atoms with van der Waals surface area (Å²) in [5.74, 6) is 2.93. The van der Waals surface area contributed by atoms with Crippen LogP contribution >= 0.6 is 12.2 Å². The smallest absolute Gasteiger partial charge is 0.168 e. The van der Waals surface area contributed by atoms with Gasteiger partial charge in [-0.05, 0) is 73.8 Å². The van der Waals surface area contributed by atoms with Gasteiger partial charge in [0.25, 0.3) is 0 Å². The minimum absolute atomic E-state index is 0.368. The van der Waals surface area contributed by atoms with E-state index in [0.717, 1.165) is 72.4 Å². The number of ether oxygens (including phenoxy) is 2. The third-order valence-corrected chi connectivity index (χ3v) is 6.29. The van der Waals surface area contributed by atoms with E-state index < -0.39 is 0 Å². The summed E-state index contributed by atoms with van der Waals surface area (Å²) in [6.45, 7) is 4.76. The molecule has 0 bridgehead atoms. The van der Waals surface area contributed by atoms with E-state index in [0.29, 0.717) is 5.92 Å². The number of methoxy groups -OCH3 is 2. The first-order chi connectivity index (χ1) is 15.1. The highest BCUT2D eigenvalue weighted by molar-refractivity contribution is 7.80. The maximum Gasteiger partial charge on any atom is 0.168 e. The Balaban J connectivity index is 1.33. The van der Waals surface area contributed by atoms with Crippen molar-refractivity contribution in [2.75, 3.05) is 33.9 Å². The van der Waals surface area contributed by atoms with Gasteiger partial charge in [-0.25, -0.2) is 4.98 Å². The summed E-state index contributed by atoms with van der Waals surface area (Å²) >= 11 is 5.70. The molecule has 1 fully saturated rings. The highest BCUT2D eigenvalue weighted by atomic mass is 32.1. The largest absolute Gasteiger partial charge is 0.493 e. The number of nitrogens with zero attached hydrogens (tertiary/aromatic N) is 2. The fraction of sp³-hybridized carbons (Fsp3) is 0.417. The molecule has 0 amide bonds. The lowest BCUT2D eigenvalue weighted by atomic mass is 9.98. The molecule has 0 radical (unpaired) electrons. The minimum Gasteiger partial charge on any atom is -0.493 e. The standard InChI is InChI=1S/C24H30N4O2S/c1-16-6-8-19-20(13-16)27-23(26-19)18-5-4-12-28(15-18)24(31)25-11-10-17-7-9-21(29-2)22(14-17)30-3/h6-9,13-14,18H,4-5,10-12,15H2,1-3H3,(H,25,31)(H,26,27). The topological polar surface area (TPSA) is 62.4 Å². The van der Waals surface area contributed by atoms with Gasteiger partial charge in [0.15, 0.2) is 16.6 Å². The van der Waals surface area contributed by atoms with E-state index in [2.05, 4.69) is 46.4 Å². The number of rotatable bonds is 6. The Kier molecular flexibility index (Phi) is 6.61. The van der Waals surface area contributed by atoms with Gasteiger partial charge in [-0.1, -0.05) is 12.1 Å². The average molecular weight is 439 g/mol. The molecule has 2 heterocycles. The maximum absolute atomic E-state index is 5.70. The fourth-order valence-corrected chi connectivity index (χ4v) is 4.45. The van der Waals surface area contributed by atoms with Crippen molar-refractivity contribution in [3.05, 3.63) is 53.3 Å². The summed E-state index contributed by atoms with van der Waals surface area (Å²) in [5, 5.41) is 4.24. The zero-order valence-corrected chi connectivity index (χ0v) is 19.2. The minimum atomic E-state index is 0.368. The van der Waals surface area contributed by atoms with Gasteiger partial charge >= 0.3 is 0 Å². The van der Waals surface area contributed by atoms with Crippen molar-refractivity contribution in [1.29, 1.82) is 0 Å². The monoisotopic (exact) mass is 438 g/mol. The molecule has 6 nitrogen and oxygen atoms in total. The van der Waals surface area contributed by atoms with Gasteiger partial charge in [-0.3, -0.25) is 0 Å². The third-order valence-electron chi connectivity index (χ3n) is 5.89. The maximum atomic E-state index is 5.70. The van der Waals surface area contributed by atoms with Gasteiger partial charge in [0.1, 0.15) is 5.82 Å². The fourth-order valence-electron chi connectivity index (χ4n) is 4.18. The van der Waals surface area contributed by atoms with Gasteiger partial charge in [-0.2, -0.15) is 0 Å². The lowest BCUT2D eigenvalue weighted by Crippen LogP contribution is -2.45. The van der Waals surface area contributed by atoms with Crippen molar-refractivity contribution in [1.82, 2.24) is 20.2 Å². The first kappa shape index (κ1) is 21.4. The summed E-state index contributed by atoms with van der Waals surface area (Å²) < 4.78 is 10.7. The lowest BCUT2D eigenvalue weighted by Gasteiger charge is -2.33. The Bertz CT molecular complexity index is 1060. The molecule has 0 saturated carbocycles. The summed E-state index contributed by atoms with van der Waals surface area (Å²) in [6.07, 6.45) is 3.10. The molecule has 164 valence electrons. The number of thiocarbonyl (C=S) groups is 1. The van der Waals surface area contributed by atoms with Crippen LogP contribution in [0.5, 0.6) is 11.5 Å². The van der Waals surface area contributed by atoms with Gasteiger partial charge in [0.05, 0.1) is 25.3 Å². The summed E-state index contributed by atoms with van der Waals surface area (Å²) in [4.78, 5) is 10.6. The van der Waals surface area contributed by atoms with E-state index in [9.17, 15) is 0 Å². The van der Waals surface area contributed by atoms with E-state index in [1.165, 1.54) is 11.1 Å². The van der Waals surface area contributed by atoms with Gasteiger partial charge in [-0.15, -0.1) is 0 Å². The van der Waals surface area contributed by atoms with Crippen LogP contribution < -0.4 is 14.8 Å². The van der Waals surface area contributed by atoms with Crippen molar-refractivity contribution in [3.8, 4) is 11.5 Å². The number of fused-ring (bicyclic) bond motifs is 1. The molecule has 7 heteroatoms. The van der Waals surface area contributed by atoms with Crippen LogP contribution in [-0.2, 0) is 6.42 Å². The quantitative estimate of drug-likeness (QED) is 0.563. The summed E-state index contributed by atoms with van der Waals surface area (Å²) in [6, 6.07) is 12.4. The van der Waals surface area contributed by atoms with Crippen LogP contribution in [0, 0.1) is 6.92 Å². The lowest BCUT2D eigenvalue weighted by molar-refractivity contribution is 0.300. The van der Waals surface area contributed by atoms with Crippen LogP contribution in [0.3, 0.4) is 0 Å². The number of piperidine rings is 1. The molecule has 1 aromatic heterocycles. The molecule has 3 aromatic rings. The van der Waals surface area contributed by atoms with Gasteiger partial charge in [0.2, 0.25) is 0 Å². The SMILES string of the molecule is COc1ccc(CCNC(=S)N2CCCC(c3nc4ccc(C)cc4[nH]3)C2)cc1OC. The number of nitrogens with one attached hydrogen (secondary N) is 2. The number of benzene rings is 2. The van der Waals surface area contributed by atoms with Crippen molar-refractivity contribution in [3.63, 3.8) is 0 Å². The Morgan fingerprint density at radius 1 is 1.19 bits per heavy atom. The number of H-pyrrole nitrogens is 1. The van der Waals surface area contributed by atoms with E-state index in [1.54, 1.807) is 14.2 Å². The molecular formula is C24H30N4O2S. The van der Waals surface area contributed by atoms with E-state index >= 15 is 0 Å². The molecule has 31 heavy (non-hydrogen) atoms. The summed E-state index contributed by atoms with van der Waals surface area (Å²) in [5.41, 5.74) is 4.57. The zero-order chi connectivity index (χ0) is 21.8. The number of imidazole rings is 1. The second kappa shape index (κ2) is 9.56. The number of aromatic amines is 1. The molecule has 2 aromatic carbocycles. The number of hydrogen-bond donors (Lipinski definition) is 2. The number of aryl methyl sites for hydroxylation is 1. The van der Waals surface area contributed by atoms with Crippen LogP contribution in [0.4, 0.5) is 0 Å². The molecule has 1 atom stereocenters. The molecule has 0 aliphatic carbocycles. The predicted octanol–water partition coefficient (Wildman–Crippen LogP) is 4.19. The second-order valence-electron chi connectivity index (χ2n) is 8.10. The van der Waals surface area contributed by atoms with Crippen LogP contribution in [-0.4, -0.2) is 53.8 Å². The first-order valence-electron chi connectivity index (χ1n) is 10.8. The first-order valence-corrected chi connectivity index (χ1v) is 11.2. The third kappa shape index (κ3) is 4.93. The van der Waals surface area contributed by atoms with Crippen LogP contribution in [0.25, 0.3) is 11.0 Å². The Morgan fingerprint density at radius 2 is 2.03 bits per heavy atom. The van der Waals surface area contributed by atoms with Gasteiger partial charge in [0, 0.05) is 25.6 Å². The Hall–Kier alpha value is -2.80. The molecule has 1 aliphatic heterocycles. The van der Waals surface area contributed by atoms with Crippen LogP contribution in [0.15, 0.2) is 36.4 Å². The molecule has 0 spiro atoms. The molecule has 2 N–H and O–H groups in total. The number of likely N-dealkylation sites (tertiary alicyclic amines) is 1. The van der Waals surface area contributed by atoms with Crippen molar-refractivity contribution >= 4 is 28.4 Å². The highest BCUT2D eigenvalue weighted by Crippen LogP contribution is 2.28. The van der Waals surface area contributed by atoms with Gasteiger partial charge < -0.3 is 24.7 Å². The molecule has 4 rings (SSSR count). The Morgan fingerprint density at radius 3 is 2.84 bits per heavy atom. The normalized spacial score (nSPS) is 16.4. The van der Waals surface area contributed by atoms with Crippen molar-refractivity contribution < 1.29 is 9.47 Å². The van der Waals surface area contributed by atoms with Crippen LogP contribution in [0.2, 0.25) is 0 Å². The van der Waals surface area contributed by atoms with Crippen molar-refractivity contribution in [2.24, 2.45) is 0 Å². The van der Waals surface area contributed by atoms with Crippen LogP contribution in [0.1, 0.15) is 35.7 Å².